The Morgan fingerprint density at radius 1 is 1.12 bits per heavy atom. The monoisotopic (exact) mass is 452 g/mol. The third-order valence-electron chi connectivity index (χ3n) is 5.42. The van der Waals surface area contributed by atoms with E-state index < -0.39 is 60.6 Å². The number of phenolic OH excluding ortho intramolecular Hbond substituents is 1. The fourth-order valence-electron chi connectivity index (χ4n) is 3.47. The largest absolute Gasteiger partial charge is 0.505 e. The third-order valence-corrected chi connectivity index (χ3v) is 5.42. The first kappa shape index (κ1) is 25.4. The lowest BCUT2D eigenvalue weighted by atomic mass is 9.91. The van der Waals surface area contributed by atoms with Crippen molar-refractivity contribution < 1.29 is 39.2 Å². The normalized spacial score (nSPS) is 26.4. The number of aliphatic hydroxyl groups is 2. The van der Waals surface area contributed by atoms with Gasteiger partial charge in [-0.25, -0.2) is 4.79 Å². The molecule has 178 valence electrons. The molecule has 5 atom stereocenters. The van der Waals surface area contributed by atoms with E-state index in [1.807, 2.05) is 13.8 Å². The number of amides is 1. The zero-order valence-corrected chi connectivity index (χ0v) is 18.7. The van der Waals surface area contributed by atoms with Gasteiger partial charge in [-0.1, -0.05) is 26.3 Å². The molecule has 1 heterocycles. The maximum atomic E-state index is 12.8. The predicted molar refractivity (Wildman–Crippen MR) is 115 cm³/mol. The Kier molecular flexibility index (Phi) is 8.85. The van der Waals surface area contributed by atoms with Crippen LogP contribution < -0.4 is 10.6 Å². The van der Waals surface area contributed by atoms with E-state index in [-0.39, 0.29) is 11.3 Å². The number of ether oxygens (including phenoxy) is 2. The number of aliphatic hydroxyl groups excluding tert-OH is 2. The van der Waals surface area contributed by atoms with Gasteiger partial charge in [0.05, 0.1) is 17.2 Å². The highest BCUT2D eigenvalue weighted by Crippen LogP contribution is 2.28. The van der Waals surface area contributed by atoms with Gasteiger partial charge in [-0.05, 0) is 38.3 Å². The van der Waals surface area contributed by atoms with Crippen molar-refractivity contribution in [2.24, 2.45) is 11.8 Å². The van der Waals surface area contributed by atoms with E-state index in [1.54, 1.807) is 0 Å². The number of esters is 2. The Morgan fingerprint density at radius 2 is 1.78 bits per heavy atom. The number of aromatic hydroxyl groups is 1. The molecule has 0 spiro atoms. The van der Waals surface area contributed by atoms with Gasteiger partial charge in [0, 0.05) is 0 Å². The van der Waals surface area contributed by atoms with Gasteiger partial charge in [-0.2, -0.15) is 0 Å². The van der Waals surface area contributed by atoms with Crippen molar-refractivity contribution in [3.63, 3.8) is 0 Å². The van der Waals surface area contributed by atoms with Crippen LogP contribution in [0.2, 0.25) is 0 Å². The number of benzene rings is 1. The van der Waals surface area contributed by atoms with Crippen LogP contribution in [0.1, 0.15) is 50.9 Å². The quantitative estimate of drug-likeness (QED) is 0.233. The van der Waals surface area contributed by atoms with Crippen molar-refractivity contribution in [3.05, 3.63) is 23.8 Å². The van der Waals surface area contributed by atoms with Crippen LogP contribution in [0.4, 0.5) is 5.69 Å². The maximum Gasteiger partial charge on any atom is 0.332 e. The highest BCUT2D eigenvalue weighted by Gasteiger charge is 2.41. The lowest BCUT2D eigenvalue weighted by Crippen LogP contribution is -2.50. The molecule has 1 aliphatic heterocycles. The van der Waals surface area contributed by atoms with Crippen LogP contribution >= 0.6 is 0 Å². The molecule has 5 unspecified atom stereocenters. The Bertz CT molecular complexity index is 828. The number of anilines is 1. The van der Waals surface area contributed by atoms with Crippen molar-refractivity contribution in [1.29, 1.82) is 0 Å². The molecular formula is C22H32N2O8. The van der Waals surface area contributed by atoms with Crippen molar-refractivity contribution >= 4 is 23.5 Å². The smallest absolute Gasteiger partial charge is 0.332 e. The van der Waals surface area contributed by atoms with Crippen LogP contribution in [-0.2, 0) is 19.1 Å². The average Bonchev–Trinajstić information content (AvgIpc) is 2.74. The Balaban J connectivity index is 2.25. The molecule has 2 rings (SSSR count). The van der Waals surface area contributed by atoms with E-state index in [9.17, 15) is 24.6 Å². The summed E-state index contributed by atoms with van der Waals surface area (Å²) in [5.74, 6) is -3.35. The molecule has 1 saturated heterocycles. The third kappa shape index (κ3) is 6.10. The van der Waals surface area contributed by atoms with Crippen molar-refractivity contribution in [2.45, 2.75) is 64.9 Å². The standard InChI is InChI=1S/C22H32N2O8/c1-11(2)8-9-15-18(26)13(4)32-22(30)17(12(3)31-21(15)29)24-20(28)14-6-5-7-16(19(14)27)23-10-25/h5-7,11-13,15,17-18,23,25-27H,8-10H2,1-4H3,(H,24,28). The second-order valence-corrected chi connectivity index (χ2v) is 8.34. The molecule has 1 aliphatic rings. The molecular weight excluding hydrogens is 420 g/mol. The van der Waals surface area contributed by atoms with E-state index in [2.05, 4.69) is 10.6 Å². The van der Waals surface area contributed by atoms with Gasteiger partial charge in [0.2, 0.25) is 0 Å². The van der Waals surface area contributed by atoms with Gasteiger partial charge >= 0.3 is 11.9 Å². The summed E-state index contributed by atoms with van der Waals surface area (Å²) in [6.07, 6.45) is -2.30. The molecule has 0 aromatic heterocycles. The van der Waals surface area contributed by atoms with Crippen LogP contribution in [0.15, 0.2) is 18.2 Å². The summed E-state index contributed by atoms with van der Waals surface area (Å²) in [6.45, 7) is 6.44. The van der Waals surface area contributed by atoms with Crippen molar-refractivity contribution in [1.82, 2.24) is 5.32 Å². The number of rotatable bonds is 7. The fraction of sp³-hybridized carbons (Fsp3) is 0.591. The Labute approximate surface area is 186 Å². The summed E-state index contributed by atoms with van der Waals surface area (Å²) in [5, 5.41) is 34.8. The highest BCUT2D eigenvalue weighted by molar-refractivity contribution is 6.00. The van der Waals surface area contributed by atoms with E-state index in [0.29, 0.717) is 18.8 Å². The summed E-state index contributed by atoms with van der Waals surface area (Å²) < 4.78 is 10.8. The Morgan fingerprint density at radius 3 is 2.41 bits per heavy atom. The minimum atomic E-state index is -1.36. The van der Waals surface area contributed by atoms with Gasteiger partial charge in [0.1, 0.15) is 25.0 Å². The number of hydrogen-bond acceptors (Lipinski definition) is 9. The number of para-hydroxylation sites is 1. The number of carbonyl (C=O) groups is 3. The molecule has 1 aromatic rings. The molecule has 10 heteroatoms. The number of hydrogen-bond donors (Lipinski definition) is 5. The topological polar surface area (TPSA) is 154 Å². The number of cyclic esters (lactones) is 2. The molecule has 0 radical (unpaired) electrons. The summed E-state index contributed by atoms with van der Waals surface area (Å²) in [4.78, 5) is 38.3. The zero-order valence-electron chi connectivity index (χ0n) is 18.7. The second kappa shape index (κ2) is 11.1. The molecule has 1 aromatic carbocycles. The first-order valence-corrected chi connectivity index (χ1v) is 10.6. The van der Waals surface area contributed by atoms with Crippen LogP contribution in [0, 0.1) is 11.8 Å². The lowest BCUT2D eigenvalue weighted by molar-refractivity contribution is -0.160. The number of carbonyl (C=O) groups excluding carboxylic acids is 3. The van der Waals surface area contributed by atoms with Crippen LogP contribution in [0.25, 0.3) is 0 Å². The fourth-order valence-corrected chi connectivity index (χ4v) is 3.47. The first-order valence-electron chi connectivity index (χ1n) is 10.6. The van der Waals surface area contributed by atoms with E-state index in [0.717, 1.165) is 0 Å². The summed E-state index contributed by atoms with van der Waals surface area (Å²) >= 11 is 0. The molecule has 32 heavy (non-hydrogen) atoms. The van der Waals surface area contributed by atoms with Crippen molar-refractivity contribution in [3.8, 4) is 5.75 Å². The van der Waals surface area contributed by atoms with Gasteiger partial charge < -0.3 is 35.4 Å². The second-order valence-electron chi connectivity index (χ2n) is 8.34. The average molecular weight is 453 g/mol. The van der Waals surface area contributed by atoms with Crippen molar-refractivity contribution in [2.75, 3.05) is 12.0 Å². The van der Waals surface area contributed by atoms with Crippen LogP contribution in [0.3, 0.4) is 0 Å². The summed E-state index contributed by atoms with van der Waals surface area (Å²) in [7, 11) is 0. The molecule has 1 amide bonds. The minimum Gasteiger partial charge on any atom is -0.505 e. The highest BCUT2D eigenvalue weighted by atomic mass is 16.6. The van der Waals surface area contributed by atoms with Gasteiger partial charge in [-0.3, -0.25) is 9.59 Å². The Hall–Kier alpha value is -2.85. The predicted octanol–water partition coefficient (Wildman–Crippen LogP) is 1.14. The van der Waals surface area contributed by atoms with E-state index in [4.69, 9.17) is 14.6 Å². The zero-order chi connectivity index (χ0) is 24.0. The number of nitrogens with one attached hydrogen (secondary N) is 2. The van der Waals surface area contributed by atoms with Gasteiger partial charge in [-0.15, -0.1) is 0 Å². The minimum absolute atomic E-state index is 0.126. The van der Waals surface area contributed by atoms with Gasteiger partial charge in [0.25, 0.3) is 5.91 Å². The molecule has 0 saturated carbocycles. The molecule has 0 bridgehead atoms. The van der Waals surface area contributed by atoms with Crippen LogP contribution in [-0.4, -0.2) is 64.2 Å². The number of phenols is 1. The van der Waals surface area contributed by atoms with E-state index >= 15 is 0 Å². The van der Waals surface area contributed by atoms with E-state index in [1.165, 1.54) is 32.0 Å². The molecule has 0 aliphatic carbocycles. The lowest BCUT2D eigenvalue weighted by Gasteiger charge is -2.25. The summed E-state index contributed by atoms with van der Waals surface area (Å²) in [5.41, 5.74) is -0.0288. The molecule has 10 nitrogen and oxygen atoms in total. The molecule has 1 fully saturated rings. The SMILES string of the molecule is CC(C)CCC1C(=O)OC(C)C(NC(=O)c2cccc(NCO)c2O)C(=O)OC(C)C1O. The summed E-state index contributed by atoms with van der Waals surface area (Å²) in [6, 6.07) is 2.91. The first-order chi connectivity index (χ1) is 15.1. The van der Waals surface area contributed by atoms with Crippen LogP contribution in [0.5, 0.6) is 5.75 Å². The van der Waals surface area contributed by atoms with Gasteiger partial charge in [0.15, 0.2) is 11.8 Å². The maximum absolute atomic E-state index is 12.8. The molecule has 5 N–H and O–H groups in total.